The molecule has 0 amide bonds. The zero-order valence-corrected chi connectivity index (χ0v) is 13.6. The van der Waals surface area contributed by atoms with E-state index in [1.807, 2.05) is 6.92 Å². The lowest BCUT2D eigenvalue weighted by Gasteiger charge is -2.15. The van der Waals surface area contributed by atoms with Crippen molar-refractivity contribution in [2.45, 2.75) is 30.8 Å². The Morgan fingerprint density at radius 1 is 1.29 bits per heavy atom. The van der Waals surface area contributed by atoms with E-state index in [9.17, 15) is 8.42 Å². The molecule has 1 aliphatic rings. The van der Waals surface area contributed by atoms with Crippen LogP contribution in [0, 0.1) is 5.92 Å². The fourth-order valence-electron chi connectivity index (χ4n) is 2.25. The number of methoxy groups -OCH3 is 2. The van der Waals surface area contributed by atoms with Crippen LogP contribution in [0.5, 0.6) is 11.5 Å². The first-order valence-electron chi connectivity index (χ1n) is 6.84. The molecule has 118 valence electrons. The third-order valence-electron chi connectivity index (χ3n) is 3.62. The quantitative estimate of drug-likeness (QED) is 0.788. The van der Waals surface area contributed by atoms with Crippen molar-refractivity contribution < 1.29 is 17.9 Å². The van der Waals surface area contributed by atoms with Gasteiger partial charge in [0.05, 0.1) is 19.1 Å². The Hall–Kier alpha value is -1.31. The molecule has 7 heteroatoms. The van der Waals surface area contributed by atoms with Crippen molar-refractivity contribution in [1.29, 1.82) is 0 Å². The van der Waals surface area contributed by atoms with Gasteiger partial charge in [-0.05, 0) is 25.5 Å². The van der Waals surface area contributed by atoms with Gasteiger partial charge in [0.15, 0.2) is 11.5 Å². The Bertz CT molecular complexity index is 616. The lowest BCUT2D eigenvalue weighted by molar-refractivity contribution is 0.350. The molecule has 21 heavy (non-hydrogen) atoms. The van der Waals surface area contributed by atoms with Crippen molar-refractivity contribution >= 4 is 10.0 Å². The lowest BCUT2D eigenvalue weighted by Crippen LogP contribution is -2.27. The predicted molar refractivity (Wildman–Crippen MR) is 80.2 cm³/mol. The Morgan fingerprint density at radius 2 is 1.95 bits per heavy atom. The highest BCUT2D eigenvalue weighted by molar-refractivity contribution is 7.89. The molecule has 1 aromatic rings. The number of nitrogens with one attached hydrogen (secondary N) is 2. The van der Waals surface area contributed by atoms with Crippen molar-refractivity contribution in [3.63, 3.8) is 0 Å². The summed E-state index contributed by atoms with van der Waals surface area (Å²) in [7, 11) is 1.28. The summed E-state index contributed by atoms with van der Waals surface area (Å²) >= 11 is 0. The van der Waals surface area contributed by atoms with Crippen LogP contribution in [0.3, 0.4) is 0 Å². The summed E-state index contributed by atoms with van der Waals surface area (Å²) in [5, 5.41) is 3.00. The molecule has 1 saturated carbocycles. The summed E-state index contributed by atoms with van der Waals surface area (Å²) in [6, 6.07) is 3.15. The first kappa shape index (κ1) is 16.1. The van der Waals surface area contributed by atoms with E-state index in [0.29, 0.717) is 24.0 Å². The SMILES string of the molecule is CNCc1cc(S(=O)(=O)NC2CC2C)cc(OC)c1OC. The Balaban J connectivity index is 2.41. The second kappa shape index (κ2) is 6.21. The largest absolute Gasteiger partial charge is 0.493 e. The van der Waals surface area contributed by atoms with Crippen molar-refractivity contribution in [3.05, 3.63) is 17.7 Å². The van der Waals surface area contributed by atoms with Gasteiger partial charge >= 0.3 is 0 Å². The van der Waals surface area contributed by atoms with E-state index < -0.39 is 10.0 Å². The molecule has 1 aliphatic carbocycles. The molecule has 0 aromatic heterocycles. The standard InChI is InChI=1S/C14H22N2O4S/c1-9-5-12(9)16-21(17,18)11-6-10(8-15-2)14(20-4)13(7-11)19-3/h6-7,9,12,15-16H,5,8H2,1-4H3. The van der Waals surface area contributed by atoms with E-state index in [1.165, 1.54) is 20.3 Å². The van der Waals surface area contributed by atoms with Gasteiger partial charge < -0.3 is 14.8 Å². The molecule has 0 bridgehead atoms. The second-order valence-corrected chi connectivity index (χ2v) is 7.00. The molecule has 2 unspecified atom stereocenters. The molecule has 1 aromatic carbocycles. The van der Waals surface area contributed by atoms with Crippen molar-refractivity contribution in [3.8, 4) is 11.5 Å². The molecule has 0 aliphatic heterocycles. The van der Waals surface area contributed by atoms with E-state index >= 15 is 0 Å². The van der Waals surface area contributed by atoms with Crippen LogP contribution in [0.15, 0.2) is 17.0 Å². The molecule has 2 rings (SSSR count). The van der Waals surface area contributed by atoms with Crippen molar-refractivity contribution in [2.75, 3.05) is 21.3 Å². The van der Waals surface area contributed by atoms with Crippen LogP contribution < -0.4 is 19.5 Å². The van der Waals surface area contributed by atoms with Crippen LogP contribution in [-0.2, 0) is 16.6 Å². The number of hydrogen-bond donors (Lipinski definition) is 2. The maximum absolute atomic E-state index is 12.4. The highest BCUT2D eigenvalue weighted by Crippen LogP contribution is 2.35. The van der Waals surface area contributed by atoms with Gasteiger partial charge in [0.25, 0.3) is 0 Å². The van der Waals surface area contributed by atoms with Gasteiger partial charge in [-0.1, -0.05) is 6.92 Å². The van der Waals surface area contributed by atoms with Gasteiger partial charge in [0.1, 0.15) is 0 Å². The molecule has 2 N–H and O–H groups in total. The molecular weight excluding hydrogens is 292 g/mol. The van der Waals surface area contributed by atoms with Gasteiger partial charge in [-0.25, -0.2) is 13.1 Å². The summed E-state index contributed by atoms with van der Waals surface area (Å²) in [6.07, 6.45) is 0.885. The summed E-state index contributed by atoms with van der Waals surface area (Å²) in [5.41, 5.74) is 0.739. The van der Waals surface area contributed by atoms with Crippen LogP contribution in [0.2, 0.25) is 0 Å². The number of hydrogen-bond acceptors (Lipinski definition) is 5. The maximum atomic E-state index is 12.4. The minimum absolute atomic E-state index is 0.0378. The van der Waals surface area contributed by atoms with E-state index in [1.54, 1.807) is 13.1 Å². The molecule has 1 fully saturated rings. The van der Waals surface area contributed by atoms with Gasteiger partial charge in [0.2, 0.25) is 10.0 Å². The van der Waals surface area contributed by atoms with Gasteiger partial charge in [-0.3, -0.25) is 0 Å². The fourth-order valence-corrected chi connectivity index (χ4v) is 3.67. The lowest BCUT2D eigenvalue weighted by atomic mass is 10.2. The number of rotatable bonds is 7. The molecule has 0 heterocycles. The average molecular weight is 314 g/mol. The minimum Gasteiger partial charge on any atom is -0.493 e. The van der Waals surface area contributed by atoms with Crippen molar-refractivity contribution in [2.24, 2.45) is 5.92 Å². The summed E-state index contributed by atoms with van der Waals surface area (Å²) < 4.78 is 38.1. The average Bonchev–Trinajstić information content (AvgIpc) is 3.12. The zero-order chi connectivity index (χ0) is 15.6. The maximum Gasteiger partial charge on any atom is 0.240 e. The van der Waals surface area contributed by atoms with Crippen molar-refractivity contribution in [1.82, 2.24) is 10.0 Å². The van der Waals surface area contributed by atoms with Gasteiger partial charge in [-0.2, -0.15) is 0 Å². The molecule has 0 spiro atoms. The highest BCUT2D eigenvalue weighted by Gasteiger charge is 2.36. The molecule has 2 atom stereocenters. The second-order valence-electron chi connectivity index (χ2n) is 5.29. The van der Waals surface area contributed by atoms with Crippen LogP contribution in [0.4, 0.5) is 0 Å². The molecule has 6 nitrogen and oxygen atoms in total. The Morgan fingerprint density at radius 3 is 2.43 bits per heavy atom. The molecule has 0 saturated heterocycles. The Kier molecular flexibility index (Phi) is 4.75. The fraction of sp³-hybridized carbons (Fsp3) is 0.571. The van der Waals surface area contributed by atoms with E-state index in [0.717, 1.165) is 12.0 Å². The van der Waals surface area contributed by atoms with E-state index in [-0.39, 0.29) is 10.9 Å². The zero-order valence-electron chi connectivity index (χ0n) is 12.8. The Labute approximate surface area is 125 Å². The normalized spacial score (nSPS) is 21.1. The van der Waals surface area contributed by atoms with Gasteiger partial charge in [-0.15, -0.1) is 0 Å². The topological polar surface area (TPSA) is 76.7 Å². The molecular formula is C14H22N2O4S. The predicted octanol–water partition coefficient (Wildman–Crippen LogP) is 1.11. The monoisotopic (exact) mass is 314 g/mol. The molecule has 0 radical (unpaired) electrons. The summed E-state index contributed by atoms with van der Waals surface area (Å²) in [5.74, 6) is 1.36. The number of ether oxygens (including phenoxy) is 2. The third kappa shape index (κ3) is 3.48. The van der Waals surface area contributed by atoms with Crippen LogP contribution in [0.25, 0.3) is 0 Å². The summed E-state index contributed by atoms with van der Waals surface area (Å²) in [4.78, 5) is 0.199. The van der Waals surface area contributed by atoms with Crippen LogP contribution in [-0.4, -0.2) is 35.7 Å². The van der Waals surface area contributed by atoms with Crippen LogP contribution >= 0.6 is 0 Å². The minimum atomic E-state index is -3.54. The first-order chi connectivity index (χ1) is 9.92. The third-order valence-corrected chi connectivity index (χ3v) is 5.09. The van der Waals surface area contributed by atoms with E-state index in [4.69, 9.17) is 9.47 Å². The van der Waals surface area contributed by atoms with Gasteiger partial charge in [0, 0.05) is 24.2 Å². The number of benzene rings is 1. The smallest absolute Gasteiger partial charge is 0.240 e. The number of sulfonamides is 1. The van der Waals surface area contributed by atoms with Crippen LogP contribution in [0.1, 0.15) is 18.9 Å². The highest BCUT2D eigenvalue weighted by atomic mass is 32.2. The summed E-state index contributed by atoms with van der Waals surface area (Å²) in [6.45, 7) is 2.51. The van der Waals surface area contributed by atoms with E-state index in [2.05, 4.69) is 10.0 Å². The first-order valence-corrected chi connectivity index (χ1v) is 8.33.